The Morgan fingerprint density at radius 1 is 1.29 bits per heavy atom. The monoisotopic (exact) mass is 303 g/mol. The number of hydrogen-bond acceptors (Lipinski definition) is 4. The minimum absolute atomic E-state index is 0.120. The van der Waals surface area contributed by atoms with Gasteiger partial charge in [0.2, 0.25) is 5.91 Å². The van der Waals surface area contributed by atoms with Crippen LogP contribution in [0.3, 0.4) is 0 Å². The van der Waals surface area contributed by atoms with Crippen LogP contribution in [0.1, 0.15) is 20.8 Å². The number of nitrogen functional groups attached to an aromatic ring is 1. The van der Waals surface area contributed by atoms with Gasteiger partial charge in [-0.15, -0.1) is 11.3 Å². The fraction of sp³-hybridized carbons (Fsp3) is 0.200. The first-order valence-corrected chi connectivity index (χ1v) is 7.31. The van der Waals surface area contributed by atoms with Crippen molar-refractivity contribution in [3.05, 3.63) is 51.7 Å². The van der Waals surface area contributed by atoms with Gasteiger partial charge in [-0.1, -0.05) is 12.1 Å². The summed E-state index contributed by atoms with van der Waals surface area (Å²) in [7, 11) is 0. The topological polar surface area (TPSA) is 89.4 Å². The maximum absolute atomic E-state index is 12.5. The first kappa shape index (κ1) is 15.1. The Kier molecular flexibility index (Phi) is 4.59. The van der Waals surface area contributed by atoms with Crippen LogP contribution in [0.4, 0.5) is 5.69 Å². The molecule has 2 rings (SSSR count). The van der Waals surface area contributed by atoms with Crippen LogP contribution in [-0.4, -0.2) is 23.3 Å². The number of nitrogens with two attached hydrogens (primary N) is 2. The summed E-state index contributed by atoms with van der Waals surface area (Å²) < 4.78 is 0. The summed E-state index contributed by atoms with van der Waals surface area (Å²) in [5.74, 6) is -0.731. The van der Waals surface area contributed by atoms with Gasteiger partial charge in [-0.05, 0) is 41.6 Å². The molecule has 0 saturated heterocycles. The van der Waals surface area contributed by atoms with E-state index in [-0.39, 0.29) is 12.5 Å². The number of primary amides is 1. The molecule has 5 nitrogen and oxygen atoms in total. The molecule has 1 aromatic heterocycles. The third kappa shape index (κ3) is 3.82. The molecule has 2 amide bonds. The first-order valence-electron chi connectivity index (χ1n) is 6.43. The standard InChI is InChI=1S/C15H17N3O2S/c1-10-5-6-21-14(10)15(20)18(9-13(17)19)8-11-3-2-4-12(16)7-11/h2-7H,8-9,16H2,1H3,(H2,17,19). The normalized spacial score (nSPS) is 10.3. The van der Waals surface area contributed by atoms with Crippen LogP contribution in [0.2, 0.25) is 0 Å². The number of thiophene rings is 1. The van der Waals surface area contributed by atoms with E-state index in [2.05, 4.69) is 0 Å². The molecule has 110 valence electrons. The molecule has 6 heteroatoms. The maximum Gasteiger partial charge on any atom is 0.264 e. The SMILES string of the molecule is Cc1ccsc1C(=O)N(CC(N)=O)Cc1cccc(N)c1. The average molecular weight is 303 g/mol. The Morgan fingerprint density at radius 3 is 2.62 bits per heavy atom. The molecule has 0 aliphatic carbocycles. The number of aryl methyl sites for hydroxylation is 1. The number of carbonyl (C=O) groups is 2. The third-order valence-corrected chi connectivity index (χ3v) is 4.02. The van der Waals surface area contributed by atoms with Crippen LogP contribution < -0.4 is 11.5 Å². The Hall–Kier alpha value is -2.34. The molecular formula is C15H17N3O2S. The second-order valence-electron chi connectivity index (χ2n) is 4.81. The number of benzene rings is 1. The van der Waals surface area contributed by atoms with E-state index in [1.54, 1.807) is 12.1 Å². The molecule has 2 aromatic rings. The Labute approximate surface area is 127 Å². The van der Waals surface area contributed by atoms with Gasteiger partial charge in [0, 0.05) is 12.2 Å². The Morgan fingerprint density at radius 2 is 2.05 bits per heavy atom. The lowest BCUT2D eigenvalue weighted by Gasteiger charge is -2.21. The number of amides is 2. The van der Waals surface area contributed by atoms with Crippen LogP contribution in [0, 0.1) is 6.92 Å². The van der Waals surface area contributed by atoms with Gasteiger partial charge < -0.3 is 16.4 Å². The van der Waals surface area contributed by atoms with E-state index >= 15 is 0 Å². The van der Waals surface area contributed by atoms with E-state index in [0.29, 0.717) is 17.1 Å². The van der Waals surface area contributed by atoms with Crippen molar-refractivity contribution in [2.24, 2.45) is 5.73 Å². The minimum atomic E-state index is -0.540. The lowest BCUT2D eigenvalue weighted by Crippen LogP contribution is -2.37. The molecule has 0 aliphatic rings. The van der Waals surface area contributed by atoms with Crippen molar-refractivity contribution < 1.29 is 9.59 Å². The average Bonchev–Trinajstić information content (AvgIpc) is 2.83. The highest BCUT2D eigenvalue weighted by Gasteiger charge is 2.20. The summed E-state index contributed by atoms with van der Waals surface area (Å²) in [6.07, 6.45) is 0. The minimum Gasteiger partial charge on any atom is -0.399 e. The van der Waals surface area contributed by atoms with Crippen molar-refractivity contribution in [1.82, 2.24) is 4.90 Å². The molecule has 0 atom stereocenters. The van der Waals surface area contributed by atoms with Crippen LogP contribution in [-0.2, 0) is 11.3 Å². The van der Waals surface area contributed by atoms with E-state index in [1.807, 2.05) is 30.5 Å². The largest absolute Gasteiger partial charge is 0.399 e. The molecular weight excluding hydrogens is 286 g/mol. The molecule has 0 bridgehead atoms. The van der Waals surface area contributed by atoms with E-state index in [0.717, 1.165) is 11.1 Å². The summed E-state index contributed by atoms with van der Waals surface area (Å²) >= 11 is 1.36. The van der Waals surface area contributed by atoms with Gasteiger partial charge in [0.05, 0.1) is 4.88 Å². The predicted molar refractivity (Wildman–Crippen MR) is 83.8 cm³/mol. The van der Waals surface area contributed by atoms with Crippen LogP contribution in [0.25, 0.3) is 0 Å². The number of anilines is 1. The highest BCUT2D eigenvalue weighted by Crippen LogP contribution is 2.19. The smallest absolute Gasteiger partial charge is 0.264 e. The molecule has 1 aromatic carbocycles. The van der Waals surface area contributed by atoms with Crippen molar-refractivity contribution in [1.29, 1.82) is 0 Å². The van der Waals surface area contributed by atoms with Gasteiger partial charge >= 0.3 is 0 Å². The van der Waals surface area contributed by atoms with Crippen LogP contribution in [0.5, 0.6) is 0 Å². The zero-order chi connectivity index (χ0) is 15.4. The van der Waals surface area contributed by atoms with E-state index in [1.165, 1.54) is 16.2 Å². The van der Waals surface area contributed by atoms with Crippen molar-refractivity contribution in [2.75, 3.05) is 12.3 Å². The second-order valence-corrected chi connectivity index (χ2v) is 5.72. The summed E-state index contributed by atoms with van der Waals surface area (Å²) in [4.78, 5) is 25.8. The summed E-state index contributed by atoms with van der Waals surface area (Å²) in [5.41, 5.74) is 13.4. The van der Waals surface area contributed by atoms with Crippen molar-refractivity contribution >= 4 is 28.8 Å². The quantitative estimate of drug-likeness (QED) is 0.825. The molecule has 0 saturated carbocycles. The van der Waals surface area contributed by atoms with E-state index in [4.69, 9.17) is 11.5 Å². The number of nitrogens with zero attached hydrogens (tertiary/aromatic N) is 1. The Bertz CT molecular complexity index is 666. The highest BCUT2D eigenvalue weighted by molar-refractivity contribution is 7.12. The molecule has 1 heterocycles. The molecule has 0 fully saturated rings. The van der Waals surface area contributed by atoms with Gasteiger partial charge in [0.15, 0.2) is 0 Å². The van der Waals surface area contributed by atoms with Gasteiger partial charge in [-0.25, -0.2) is 0 Å². The van der Waals surface area contributed by atoms with Crippen LogP contribution in [0.15, 0.2) is 35.7 Å². The van der Waals surface area contributed by atoms with Gasteiger partial charge in [0.25, 0.3) is 5.91 Å². The zero-order valence-corrected chi connectivity index (χ0v) is 12.5. The second kappa shape index (κ2) is 6.41. The van der Waals surface area contributed by atoms with Crippen LogP contribution >= 0.6 is 11.3 Å². The lowest BCUT2D eigenvalue weighted by atomic mass is 10.1. The molecule has 0 spiro atoms. The molecule has 0 unspecified atom stereocenters. The predicted octanol–water partition coefficient (Wildman–Crippen LogP) is 1.77. The summed E-state index contributed by atoms with van der Waals surface area (Å²) in [6, 6.07) is 9.10. The summed E-state index contributed by atoms with van der Waals surface area (Å²) in [5, 5.41) is 1.85. The molecule has 4 N–H and O–H groups in total. The highest BCUT2D eigenvalue weighted by atomic mass is 32.1. The molecule has 0 aliphatic heterocycles. The molecule has 0 radical (unpaired) electrons. The fourth-order valence-electron chi connectivity index (χ4n) is 2.03. The first-order chi connectivity index (χ1) is 9.97. The third-order valence-electron chi connectivity index (χ3n) is 3.01. The number of carbonyl (C=O) groups excluding carboxylic acids is 2. The van der Waals surface area contributed by atoms with Gasteiger partial charge in [0.1, 0.15) is 6.54 Å². The van der Waals surface area contributed by atoms with Crippen molar-refractivity contribution in [3.63, 3.8) is 0 Å². The van der Waals surface area contributed by atoms with Crippen molar-refractivity contribution in [2.45, 2.75) is 13.5 Å². The maximum atomic E-state index is 12.5. The number of hydrogen-bond donors (Lipinski definition) is 2. The summed E-state index contributed by atoms with van der Waals surface area (Å²) in [6.45, 7) is 2.04. The Balaban J connectivity index is 2.24. The van der Waals surface area contributed by atoms with E-state index in [9.17, 15) is 9.59 Å². The van der Waals surface area contributed by atoms with E-state index < -0.39 is 5.91 Å². The zero-order valence-electron chi connectivity index (χ0n) is 11.7. The fourth-order valence-corrected chi connectivity index (χ4v) is 2.93. The van der Waals surface area contributed by atoms with Gasteiger partial charge in [-0.2, -0.15) is 0 Å². The lowest BCUT2D eigenvalue weighted by molar-refractivity contribution is -0.118. The molecule has 21 heavy (non-hydrogen) atoms. The van der Waals surface area contributed by atoms with Crippen molar-refractivity contribution in [3.8, 4) is 0 Å². The number of rotatable bonds is 5. The van der Waals surface area contributed by atoms with Gasteiger partial charge in [-0.3, -0.25) is 9.59 Å².